The van der Waals surface area contributed by atoms with Gasteiger partial charge < -0.3 is 5.73 Å². The molecule has 1 saturated heterocycles. The van der Waals surface area contributed by atoms with Gasteiger partial charge >= 0.3 is 0 Å². The van der Waals surface area contributed by atoms with Crippen molar-refractivity contribution in [1.29, 1.82) is 0 Å². The SMILES string of the molecule is CS(=O)(=O)N1CCC2CCC21CN. The summed E-state index contributed by atoms with van der Waals surface area (Å²) in [5.74, 6) is 0.521. The highest BCUT2D eigenvalue weighted by Gasteiger charge is 2.56. The molecule has 0 amide bonds. The number of rotatable bonds is 2. The van der Waals surface area contributed by atoms with Gasteiger partial charge in [0.15, 0.2) is 0 Å². The second kappa shape index (κ2) is 2.68. The van der Waals surface area contributed by atoms with Gasteiger partial charge in [-0.05, 0) is 25.2 Å². The Kier molecular flexibility index (Phi) is 1.94. The van der Waals surface area contributed by atoms with E-state index < -0.39 is 10.0 Å². The normalized spacial score (nSPS) is 40.0. The minimum atomic E-state index is -3.05. The second-order valence-corrected chi connectivity index (χ2v) is 6.07. The first kappa shape index (κ1) is 9.43. The number of hydrogen-bond donors (Lipinski definition) is 1. The van der Waals surface area contributed by atoms with Crippen LogP contribution in [0.15, 0.2) is 0 Å². The van der Waals surface area contributed by atoms with Crippen molar-refractivity contribution >= 4 is 10.0 Å². The predicted molar refractivity (Wildman–Crippen MR) is 50.7 cm³/mol. The van der Waals surface area contributed by atoms with Crippen molar-refractivity contribution in [1.82, 2.24) is 4.31 Å². The van der Waals surface area contributed by atoms with E-state index in [0.717, 1.165) is 19.3 Å². The van der Waals surface area contributed by atoms with E-state index in [2.05, 4.69) is 0 Å². The van der Waals surface area contributed by atoms with Crippen LogP contribution in [0.5, 0.6) is 0 Å². The van der Waals surface area contributed by atoms with E-state index in [1.807, 2.05) is 0 Å². The van der Waals surface area contributed by atoms with Gasteiger partial charge in [-0.2, -0.15) is 4.31 Å². The molecule has 5 heteroatoms. The molecule has 0 aromatic heterocycles. The van der Waals surface area contributed by atoms with Crippen LogP contribution in [0.1, 0.15) is 19.3 Å². The molecule has 0 radical (unpaired) electrons. The number of fused-ring (bicyclic) bond motifs is 1. The van der Waals surface area contributed by atoms with Crippen LogP contribution < -0.4 is 5.73 Å². The minimum Gasteiger partial charge on any atom is -0.329 e. The molecule has 0 aromatic carbocycles. The summed E-state index contributed by atoms with van der Waals surface area (Å²) in [6.07, 6.45) is 4.36. The van der Waals surface area contributed by atoms with E-state index in [1.165, 1.54) is 6.26 Å². The Morgan fingerprint density at radius 2 is 2.23 bits per heavy atom. The molecule has 1 heterocycles. The molecule has 2 aliphatic rings. The van der Waals surface area contributed by atoms with Crippen molar-refractivity contribution in [3.8, 4) is 0 Å². The first-order valence-electron chi connectivity index (χ1n) is 4.68. The van der Waals surface area contributed by atoms with E-state index in [4.69, 9.17) is 5.73 Å². The van der Waals surface area contributed by atoms with Crippen molar-refractivity contribution in [3.63, 3.8) is 0 Å². The van der Waals surface area contributed by atoms with Crippen LogP contribution >= 0.6 is 0 Å². The topological polar surface area (TPSA) is 63.4 Å². The summed E-state index contributed by atoms with van der Waals surface area (Å²) in [7, 11) is -3.05. The number of nitrogens with zero attached hydrogens (tertiary/aromatic N) is 1. The lowest BCUT2D eigenvalue weighted by atomic mass is 9.68. The molecule has 0 bridgehead atoms. The van der Waals surface area contributed by atoms with E-state index in [-0.39, 0.29) is 5.54 Å². The number of hydrogen-bond acceptors (Lipinski definition) is 3. The maximum absolute atomic E-state index is 11.5. The molecular weight excluding hydrogens is 188 g/mol. The van der Waals surface area contributed by atoms with Crippen molar-refractivity contribution in [2.75, 3.05) is 19.3 Å². The van der Waals surface area contributed by atoms with E-state index in [0.29, 0.717) is 19.0 Å². The Morgan fingerprint density at radius 1 is 1.54 bits per heavy atom. The van der Waals surface area contributed by atoms with Crippen molar-refractivity contribution in [3.05, 3.63) is 0 Å². The highest BCUT2D eigenvalue weighted by molar-refractivity contribution is 7.88. The monoisotopic (exact) mass is 204 g/mol. The largest absolute Gasteiger partial charge is 0.329 e. The lowest BCUT2D eigenvalue weighted by Gasteiger charge is -2.48. The summed E-state index contributed by atoms with van der Waals surface area (Å²) in [6, 6.07) is 0. The first-order chi connectivity index (χ1) is 6.00. The molecule has 2 atom stereocenters. The molecule has 2 fully saturated rings. The third-order valence-corrected chi connectivity index (χ3v) is 4.96. The van der Waals surface area contributed by atoms with Gasteiger partial charge in [0.1, 0.15) is 0 Å². The Balaban J connectivity index is 2.32. The number of sulfonamides is 1. The Morgan fingerprint density at radius 3 is 2.54 bits per heavy atom. The lowest BCUT2D eigenvalue weighted by molar-refractivity contribution is 0.0830. The summed E-state index contributed by atoms with van der Waals surface area (Å²) in [6.45, 7) is 1.14. The van der Waals surface area contributed by atoms with Crippen molar-refractivity contribution in [2.24, 2.45) is 11.7 Å². The molecule has 0 aromatic rings. The van der Waals surface area contributed by atoms with Crippen LogP contribution in [0.4, 0.5) is 0 Å². The van der Waals surface area contributed by atoms with Gasteiger partial charge in [0.25, 0.3) is 0 Å². The molecular formula is C8H16N2O2S. The molecule has 0 spiro atoms. The summed E-state index contributed by atoms with van der Waals surface area (Å²) in [5.41, 5.74) is 5.49. The molecule has 2 rings (SSSR count). The summed E-state index contributed by atoms with van der Waals surface area (Å²) in [5, 5.41) is 0. The maximum Gasteiger partial charge on any atom is 0.211 e. The fourth-order valence-corrected chi connectivity index (χ4v) is 4.20. The van der Waals surface area contributed by atoms with Crippen molar-refractivity contribution in [2.45, 2.75) is 24.8 Å². The summed E-state index contributed by atoms with van der Waals surface area (Å²) >= 11 is 0. The molecule has 1 aliphatic heterocycles. The predicted octanol–water partition coefficient (Wildman–Crippen LogP) is -0.241. The zero-order valence-electron chi connectivity index (χ0n) is 7.86. The average molecular weight is 204 g/mol. The maximum atomic E-state index is 11.5. The van der Waals surface area contributed by atoms with Gasteiger partial charge in [-0.3, -0.25) is 0 Å². The highest BCUT2D eigenvalue weighted by Crippen LogP contribution is 2.50. The van der Waals surface area contributed by atoms with Crippen LogP contribution in [0.3, 0.4) is 0 Å². The van der Waals surface area contributed by atoms with E-state index in [1.54, 1.807) is 4.31 Å². The van der Waals surface area contributed by atoms with E-state index in [9.17, 15) is 8.42 Å². The Labute approximate surface area is 79.1 Å². The minimum absolute atomic E-state index is 0.201. The molecule has 2 N–H and O–H groups in total. The van der Waals surface area contributed by atoms with Crippen LogP contribution in [-0.4, -0.2) is 37.6 Å². The molecule has 13 heavy (non-hydrogen) atoms. The van der Waals surface area contributed by atoms with E-state index >= 15 is 0 Å². The van der Waals surface area contributed by atoms with Gasteiger partial charge in [-0.25, -0.2) is 8.42 Å². The van der Waals surface area contributed by atoms with Crippen LogP contribution in [0.2, 0.25) is 0 Å². The van der Waals surface area contributed by atoms with Gasteiger partial charge in [0.05, 0.1) is 11.8 Å². The summed E-state index contributed by atoms with van der Waals surface area (Å²) < 4.78 is 24.5. The standard InChI is InChI=1S/C8H16N2O2S/c1-13(11,12)10-5-3-7-2-4-8(7,10)6-9/h7H,2-6,9H2,1H3. The van der Waals surface area contributed by atoms with Gasteiger partial charge in [0.2, 0.25) is 10.0 Å². The summed E-state index contributed by atoms with van der Waals surface area (Å²) in [4.78, 5) is 0. The average Bonchev–Trinajstić information content (AvgIpc) is 2.23. The van der Waals surface area contributed by atoms with Gasteiger partial charge in [-0.15, -0.1) is 0 Å². The Hall–Kier alpha value is -0.130. The highest BCUT2D eigenvalue weighted by atomic mass is 32.2. The zero-order valence-corrected chi connectivity index (χ0v) is 8.68. The van der Waals surface area contributed by atoms with Crippen LogP contribution in [0.25, 0.3) is 0 Å². The molecule has 1 aliphatic carbocycles. The quantitative estimate of drug-likeness (QED) is 0.675. The molecule has 76 valence electrons. The van der Waals surface area contributed by atoms with Crippen molar-refractivity contribution < 1.29 is 8.42 Å². The molecule has 1 saturated carbocycles. The number of nitrogens with two attached hydrogens (primary N) is 1. The van der Waals surface area contributed by atoms with Gasteiger partial charge in [-0.1, -0.05) is 0 Å². The fraction of sp³-hybridized carbons (Fsp3) is 1.00. The van der Waals surface area contributed by atoms with Crippen LogP contribution in [-0.2, 0) is 10.0 Å². The lowest BCUT2D eigenvalue weighted by Crippen LogP contribution is -2.60. The third kappa shape index (κ3) is 1.14. The smallest absolute Gasteiger partial charge is 0.211 e. The second-order valence-electron chi connectivity index (χ2n) is 4.17. The first-order valence-corrected chi connectivity index (χ1v) is 6.53. The van der Waals surface area contributed by atoms with Crippen LogP contribution in [0, 0.1) is 5.92 Å². The Bertz CT molecular complexity index is 310. The molecule has 4 nitrogen and oxygen atoms in total. The third-order valence-electron chi connectivity index (χ3n) is 3.62. The molecule has 2 unspecified atom stereocenters. The fourth-order valence-electron chi connectivity index (χ4n) is 2.79. The van der Waals surface area contributed by atoms with Gasteiger partial charge in [0, 0.05) is 13.1 Å². The zero-order chi connectivity index (χ0) is 9.69.